The highest BCUT2D eigenvalue weighted by molar-refractivity contribution is 5.73. The lowest BCUT2D eigenvalue weighted by Crippen LogP contribution is -1.96. The Bertz CT molecular complexity index is 670. The number of ether oxygens (including phenoxy) is 5. The summed E-state index contributed by atoms with van der Waals surface area (Å²) in [7, 11) is 6.15. The highest BCUT2D eigenvalue weighted by atomic mass is 16.5. The number of carbonyl (C=O) groups excluding carboxylic acids is 1. The van der Waals surface area contributed by atoms with Crippen LogP contribution in [-0.2, 0) is 4.79 Å². The van der Waals surface area contributed by atoms with Crippen LogP contribution in [0.25, 0.3) is 11.1 Å². The summed E-state index contributed by atoms with van der Waals surface area (Å²) >= 11 is 0. The molecular formula is C17H18O6. The summed E-state index contributed by atoms with van der Waals surface area (Å²) in [6.45, 7) is 0.358. The average Bonchev–Trinajstić information content (AvgIpc) is 2.60. The Morgan fingerprint density at radius 2 is 1.26 bits per heavy atom. The van der Waals surface area contributed by atoms with Crippen molar-refractivity contribution < 1.29 is 28.5 Å². The third-order valence-electron chi connectivity index (χ3n) is 3.34. The maximum Gasteiger partial charge on any atom is 0.298 e. The Labute approximate surface area is 134 Å². The Kier molecular flexibility index (Phi) is 5.30. The minimum absolute atomic E-state index is 0.328. The second kappa shape index (κ2) is 7.40. The van der Waals surface area contributed by atoms with Gasteiger partial charge >= 0.3 is 0 Å². The fraction of sp³-hybridized carbons (Fsp3) is 0.235. The highest BCUT2D eigenvalue weighted by Crippen LogP contribution is 2.42. The Morgan fingerprint density at radius 1 is 0.696 bits per heavy atom. The van der Waals surface area contributed by atoms with Crippen LogP contribution in [0.2, 0.25) is 0 Å². The SMILES string of the molecule is COc1ccc(-c2cc(OC)c(OC)c(OC)c2)cc1OC=O. The van der Waals surface area contributed by atoms with Gasteiger partial charge in [0.2, 0.25) is 5.75 Å². The number of carbonyl (C=O) groups is 1. The fourth-order valence-electron chi connectivity index (χ4n) is 2.25. The number of hydrogen-bond donors (Lipinski definition) is 0. The summed E-state index contributed by atoms with van der Waals surface area (Å²) in [5.41, 5.74) is 1.62. The minimum atomic E-state index is 0.328. The molecule has 0 amide bonds. The van der Waals surface area contributed by atoms with E-state index in [0.29, 0.717) is 35.2 Å². The fourth-order valence-corrected chi connectivity index (χ4v) is 2.25. The van der Waals surface area contributed by atoms with Crippen LogP contribution in [0.15, 0.2) is 30.3 Å². The molecule has 0 N–H and O–H groups in total. The van der Waals surface area contributed by atoms with Crippen LogP contribution in [0, 0.1) is 0 Å². The van der Waals surface area contributed by atoms with E-state index in [1.165, 1.54) is 7.11 Å². The van der Waals surface area contributed by atoms with Crippen molar-refractivity contribution in [2.75, 3.05) is 28.4 Å². The third-order valence-corrected chi connectivity index (χ3v) is 3.34. The van der Waals surface area contributed by atoms with Crippen molar-refractivity contribution in [3.8, 4) is 39.9 Å². The normalized spacial score (nSPS) is 9.91. The predicted molar refractivity (Wildman–Crippen MR) is 84.8 cm³/mol. The number of hydrogen-bond acceptors (Lipinski definition) is 6. The molecule has 6 nitrogen and oxygen atoms in total. The number of methoxy groups -OCH3 is 4. The van der Waals surface area contributed by atoms with Crippen LogP contribution in [0.5, 0.6) is 28.7 Å². The molecule has 0 aliphatic carbocycles. The molecule has 2 aromatic carbocycles. The smallest absolute Gasteiger partial charge is 0.298 e. The average molecular weight is 318 g/mol. The van der Waals surface area contributed by atoms with Crippen molar-refractivity contribution in [3.05, 3.63) is 30.3 Å². The lowest BCUT2D eigenvalue weighted by Gasteiger charge is -2.15. The standard InChI is InChI=1S/C17H18O6/c1-19-13-6-5-11(7-14(13)23-10-18)12-8-15(20-2)17(22-4)16(9-12)21-3/h5-10H,1-4H3. The third kappa shape index (κ3) is 3.31. The lowest BCUT2D eigenvalue weighted by atomic mass is 10.0. The summed E-state index contributed by atoms with van der Waals surface area (Å²) in [5, 5.41) is 0. The van der Waals surface area contributed by atoms with Gasteiger partial charge in [0, 0.05) is 0 Å². The highest BCUT2D eigenvalue weighted by Gasteiger charge is 2.15. The second-order valence-corrected chi connectivity index (χ2v) is 4.49. The van der Waals surface area contributed by atoms with Gasteiger partial charge in [-0.05, 0) is 35.4 Å². The van der Waals surface area contributed by atoms with Crippen molar-refractivity contribution in [2.24, 2.45) is 0 Å². The summed E-state index contributed by atoms with van der Waals surface area (Å²) in [5.74, 6) is 2.38. The molecule has 0 bridgehead atoms. The molecular weight excluding hydrogens is 300 g/mol. The molecule has 0 fully saturated rings. The number of benzene rings is 2. The van der Waals surface area contributed by atoms with Gasteiger partial charge in [-0.15, -0.1) is 0 Å². The minimum Gasteiger partial charge on any atom is -0.493 e. The van der Waals surface area contributed by atoms with E-state index in [-0.39, 0.29) is 0 Å². The Morgan fingerprint density at radius 3 is 1.74 bits per heavy atom. The van der Waals surface area contributed by atoms with Gasteiger partial charge in [-0.2, -0.15) is 0 Å². The molecule has 0 aromatic heterocycles. The van der Waals surface area contributed by atoms with Crippen molar-refractivity contribution in [1.29, 1.82) is 0 Å². The number of rotatable bonds is 7. The zero-order chi connectivity index (χ0) is 16.8. The monoisotopic (exact) mass is 318 g/mol. The van der Waals surface area contributed by atoms with Gasteiger partial charge in [0.1, 0.15) is 0 Å². The molecule has 0 saturated heterocycles. The first kappa shape index (κ1) is 16.5. The zero-order valence-corrected chi connectivity index (χ0v) is 13.4. The first-order chi connectivity index (χ1) is 11.2. The molecule has 0 atom stereocenters. The summed E-state index contributed by atoms with van der Waals surface area (Å²) in [6, 6.07) is 8.89. The van der Waals surface area contributed by atoms with Crippen LogP contribution < -0.4 is 23.7 Å². The van der Waals surface area contributed by atoms with E-state index in [2.05, 4.69) is 0 Å². The van der Waals surface area contributed by atoms with Crippen molar-refractivity contribution in [2.45, 2.75) is 0 Å². The second-order valence-electron chi connectivity index (χ2n) is 4.49. The van der Waals surface area contributed by atoms with Crippen LogP contribution in [0.4, 0.5) is 0 Å². The van der Waals surface area contributed by atoms with E-state index in [1.807, 2.05) is 18.2 Å². The molecule has 23 heavy (non-hydrogen) atoms. The van der Waals surface area contributed by atoms with Gasteiger partial charge in [0.15, 0.2) is 23.0 Å². The molecule has 2 rings (SSSR count). The van der Waals surface area contributed by atoms with Crippen molar-refractivity contribution in [3.63, 3.8) is 0 Å². The predicted octanol–water partition coefficient (Wildman–Crippen LogP) is 2.92. The molecule has 6 heteroatoms. The molecule has 0 saturated carbocycles. The van der Waals surface area contributed by atoms with Gasteiger partial charge in [-0.3, -0.25) is 4.79 Å². The van der Waals surface area contributed by atoms with E-state index in [4.69, 9.17) is 23.7 Å². The van der Waals surface area contributed by atoms with E-state index >= 15 is 0 Å². The van der Waals surface area contributed by atoms with Gasteiger partial charge in [-0.1, -0.05) is 6.07 Å². The van der Waals surface area contributed by atoms with Crippen molar-refractivity contribution >= 4 is 6.47 Å². The Balaban J connectivity index is 2.57. The molecule has 0 radical (unpaired) electrons. The largest absolute Gasteiger partial charge is 0.493 e. The van der Waals surface area contributed by atoms with Crippen LogP contribution in [0.1, 0.15) is 0 Å². The maximum absolute atomic E-state index is 10.6. The van der Waals surface area contributed by atoms with Crippen molar-refractivity contribution in [1.82, 2.24) is 0 Å². The molecule has 122 valence electrons. The van der Waals surface area contributed by atoms with Crippen LogP contribution in [-0.4, -0.2) is 34.9 Å². The summed E-state index contributed by atoms with van der Waals surface area (Å²) in [4.78, 5) is 10.6. The first-order valence-electron chi connectivity index (χ1n) is 6.77. The lowest BCUT2D eigenvalue weighted by molar-refractivity contribution is -0.120. The van der Waals surface area contributed by atoms with E-state index in [1.54, 1.807) is 33.5 Å². The molecule has 2 aromatic rings. The first-order valence-corrected chi connectivity index (χ1v) is 6.77. The maximum atomic E-state index is 10.6. The van der Waals surface area contributed by atoms with E-state index in [0.717, 1.165) is 11.1 Å². The summed E-state index contributed by atoms with van der Waals surface area (Å²) in [6.07, 6.45) is 0. The summed E-state index contributed by atoms with van der Waals surface area (Å²) < 4.78 is 26.1. The van der Waals surface area contributed by atoms with Gasteiger partial charge in [0.25, 0.3) is 6.47 Å². The van der Waals surface area contributed by atoms with Crippen LogP contribution >= 0.6 is 0 Å². The van der Waals surface area contributed by atoms with E-state index < -0.39 is 0 Å². The molecule has 0 spiro atoms. The van der Waals surface area contributed by atoms with Gasteiger partial charge in [0.05, 0.1) is 28.4 Å². The molecule has 0 aliphatic heterocycles. The zero-order valence-electron chi connectivity index (χ0n) is 13.4. The van der Waals surface area contributed by atoms with E-state index in [9.17, 15) is 4.79 Å². The Hall–Kier alpha value is -2.89. The molecule has 0 aliphatic rings. The molecule has 0 unspecified atom stereocenters. The molecule has 0 heterocycles. The van der Waals surface area contributed by atoms with Crippen LogP contribution in [0.3, 0.4) is 0 Å². The van der Waals surface area contributed by atoms with Gasteiger partial charge < -0.3 is 23.7 Å². The van der Waals surface area contributed by atoms with Gasteiger partial charge in [-0.25, -0.2) is 0 Å². The quantitative estimate of drug-likeness (QED) is 0.732. The topological polar surface area (TPSA) is 63.2 Å².